The first-order chi connectivity index (χ1) is 7.79. The van der Waals surface area contributed by atoms with E-state index in [-0.39, 0.29) is 6.61 Å². The molecule has 16 heavy (non-hydrogen) atoms. The summed E-state index contributed by atoms with van der Waals surface area (Å²) in [6.45, 7) is 1.95. The van der Waals surface area contributed by atoms with Crippen LogP contribution in [0.3, 0.4) is 0 Å². The summed E-state index contributed by atoms with van der Waals surface area (Å²) in [6, 6.07) is 0. The molecule has 0 aromatic carbocycles. The highest BCUT2D eigenvalue weighted by molar-refractivity contribution is 7.99. The summed E-state index contributed by atoms with van der Waals surface area (Å²) in [5, 5.41) is 9.89. The fourth-order valence-corrected chi connectivity index (χ4v) is 1.96. The highest BCUT2D eigenvalue weighted by Gasteiger charge is 2.05. The lowest BCUT2D eigenvalue weighted by Crippen LogP contribution is -2.05. The van der Waals surface area contributed by atoms with Gasteiger partial charge in [-0.1, -0.05) is 11.8 Å². The summed E-state index contributed by atoms with van der Waals surface area (Å²) in [4.78, 5) is 4.21. The lowest BCUT2D eigenvalue weighted by atomic mass is 10.5. The number of methoxy groups -OCH3 is 1. The van der Waals surface area contributed by atoms with Crippen molar-refractivity contribution in [2.24, 2.45) is 7.05 Å². The first-order valence-electron chi connectivity index (χ1n) is 5.10. The first kappa shape index (κ1) is 13.5. The number of thioether (sulfide) groups is 1. The lowest BCUT2D eigenvalue weighted by Gasteiger charge is -2.04. The molecule has 92 valence electrons. The molecule has 0 saturated carbocycles. The van der Waals surface area contributed by atoms with Gasteiger partial charge in [0.15, 0.2) is 5.16 Å². The zero-order chi connectivity index (χ0) is 11.8. The van der Waals surface area contributed by atoms with Crippen LogP contribution in [0.15, 0.2) is 11.4 Å². The number of imidazole rings is 1. The third kappa shape index (κ3) is 4.13. The number of aliphatic hydroxyl groups is 1. The summed E-state index contributed by atoms with van der Waals surface area (Å²) in [5.41, 5.74) is 0.822. The number of hydrogen-bond acceptors (Lipinski definition) is 5. The van der Waals surface area contributed by atoms with Crippen LogP contribution >= 0.6 is 11.8 Å². The topological polar surface area (TPSA) is 56.5 Å². The molecule has 0 radical (unpaired) electrons. The van der Waals surface area contributed by atoms with Gasteiger partial charge in [-0.25, -0.2) is 4.98 Å². The van der Waals surface area contributed by atoms with E-state index in [1.54, 1.807) is 25.1 Å². The standard InChI is InChI=1S/C10H18N2O3S/c1-12-9(8-13)7-11-10(12)16-6-5-15-4-3-14-2/h7,13H,3-6,8H2,1-2H3. The second kappa shape index (κ2) is 7.67. The van der Waals surface area contributed by atoms with Gasteiger partial charge in [0.25, 0.3) is 0 Å². The van der Waals surface area contributed by atoms with Gasteiger partial charge in [-0.05, 0) is 0 Å². The van der Waals surface area contributed by atoms with Crippen LogP contribution in [-0.2, 0) is 23.1 Å². The van der Waals surface area contributed by atoms with Crippen LogP contribution in [0.4, 0.5) is 0 Å². The Morgan fingerprint density at radius 1 is 1.44 bits per heavy atom. The maximum absolute atomic E-state index is 8.99. The Morgan fingerprint density at radius 2 is 2.25 bits per heavy atom. The van der Waals surface area contributed by atoms with Crippen molar-refractivity contribution in [3.63, 3.8) is 0 Å². The van der Waals surface area contributed by atoms with Gasteiger partial charge < -0.3 is 19.1 Å². The van der Waals surface area contributed by atoms with Crippen molar-refractivity contribution in [2.45, 2.75) is 11.8 Å². The molecule has 5 nitrogen and oxygen atoms in total. The van der Waals surface area contributed by atoms with Crippen molar-refractivity contribution < 1.29 is 14.6 Å². The molecule has 6 heteroatoms. The number of rotatable bonds is 8. The van der Waals surface area contributed by atoms with E-state index >= 15 is 0 Å². The Morgan fingerprint density at radius 3 is 2.88 bits per heavy atom. The predicted octanol–water partition coefficient (Wildman–Crippen LogP) is 0.667. The van der Waals surface area contributed by atoms with Crippen molar-refractivity contribution in [2.75, 3.05) is 32.7 Å². The summed E-state index contributed by atoms with van der Waals surface area (Å²) in [7, 11) is 3.55. The van der Waals surface area contributed by atoms with E-state index in [0.717, 1.165) is 16.6 Å². The molecule has 0 fully saturated rings. The smallest absolute Gasteiger partial charge is 0.168 e. The summed E-state index contributed by atoms with van der Waals surface area (Å²) >= 11 is 1.62. The normalized spacial score (nSPS) is 10.9. The molecular formula is C10H18N2O3S. The van der Waals surface area contributed by atoms with Crippen LogP contribution in [0.1, 0.15) is 5.69 Å². The van der Waals surface area contributed by atoms with E-state index in [0.29, 0.717) is 19.8 Å². The van der Waals surface area contributed by atoms with E-state index in [1.807, 2.05) is 11.6 Å². The minimum Gasteiger partial charge on any atom is -0.390 e. The van der Waals surface area contributed by atoms with Crippen LogP contribution in [0, 0.1) is 0 Å². The molecule has 0 aliphatic heterocycles. The Labute approximate surface area is 99.8 Å². The molecule has 1 aromatic rings. The third-order valence-electron chi connectivity index (χ3n) is 2.09. The van der Waals surface area contributed by atoms with Gasteiger partial charge >= 0.3 is 0 Å². The van der Waals surface area contributed by atoms with Crippen molar-refractivity contribution >= 4 is 11.8 Å². The Hall–Kier alpha value is -0.560. The van der Waals surface area contributed by atoms with Crippen LogP contribution in [0.5, 0.6) is 0 Å². The monoisotopic (exact) mass is 246 g/mol. The molecule has 1 heterocycles. The molecule has 1 aromatic heterocycles. The Balaban J connectivity index is 2.19. The minimum absolute atomic E-state index is 0.0222. The van der Waals surface area contributed by atoms with Crippen molar-refractivity contribution in [3.05, 3.63) is 11.9 Å². The van der Waals surface area contributed by atoms with Crippen molar-refractivity contribution in [1.82, 2.24) is 9.55 Å². The average molecular weight is 246 g/mol. The van der Waals surface area contributed by atoms with Gasteiger partial charge in [-0.3, -0.25) is 0 Å². The van der Waals surface area contributed by atoms with Crippen LogP contribution < -0.4 is 0 Å². The fourth-order valence-electron chi connectivity index (χ4n) is 1.14. The van der Waals surface area contributed by atoms with Gasteiger partial charge in [-0.15, -0.1) is 0 Å². The highest BCUT2D eigenvalue weighted by atomic mass is 32.2. The zero-order valence-electron chi connectivity index (χ0n) is 9.68. The minimum atomic E-state index is 0.0222. The number of ether oxygens (including phenoxy) is 2. The molecular weight excluding hydrogens is 228 g/mol. The maximum atomic E-state index is 8.99. The summed E-state index contributed by atoms with van der Waals surface area (Å²) in [5.74, 6) is 0.847. The molecule has 1 rings (SSSR count). The molecule has 0 atom stereocenters. The number of aromatic nitrogens is 2. The van der Waals surface area contributed by atoms with Crippen LogP contribution in [0.2, 0.25) is 0 Å². The highest BCUT2D eigenvalue weighted by Crippen LogP contribution is 2.16. The lowest BCUT2D eigenvalue weighted by molar-refractivity contribution is 0.0790. The molecule has 0 spiro atoms. The van der Waals surface area contributed by atoms with E-state index < -0.39 is 0 Å². The largest absolute Gasteiger partial charge is 0.390 e. The SMILES string of the molecule is COCCOCCSc1ncc(CO)n1C. The predicted molar refractivity (Wildman–Crippen MR) is 62.5 cm³/mol. The molecule has 0 aliphatic rings. The molecule has 0 amide bonds. The van der Waals surface area contributed by atoms with E-state index in [4.69, 9.17) is 14.6 Å². The maximum Gasteiger partial charge on any atom is 0.168 e. The second-order valence-electron chi connectivity index (χ2n) is 3.20. The molecule has 0 saturated heterocycles. The molecule has 0 unspecified atom stereocenters. The van der Waals surface area contributed by atoms with Gasteiger partial charge in [0.2, 0.25) is 0 Å². The van der Waals surface area contributed by atoms with E-state index in [1.165, 1.54) is 0 Å². The van der Waals surface area contributed by atoms with Crippen molar-refractivity contribution in [1.29, 1.82) is 0 Å². The van der Waals surface area contributed by atoms with Gasteiger partial charge in [0.1, 0.15) is 0 Å². The molecule has 1 N–H and O–H groups in total. The zero-order valence-corrected chi connectivity index (χ0v) is 10.5. The van der Waals surface area contributed by atoms with Gasteiger partial charge in [0.05, 0.1) is 38.3 Å². The number of nitrogens with zero attached hydrogens (tertiary/aromatic N) is 2. The van der Waals surface area contributed by atoms with Gasteiger partial charge in [-0.2, -0.15) is 0 Å². The quantitative estimate of drug-likeness (QED) is 0.539. The molecule has 0 bridgehead atoms. The Bertz CT molecular complexity index is 304. The molecule has 0 aliphatic carbocycles. The average Bonchev–Trinajstić information content (AvgIpc) is 2.65. The number of aliphatic hydroxyl groups excluding tert-OH is 1. The van der Waals surface area contributed by atoms with E-state index in [9.17, 15) is 0 Å². The fraction of sp³-hybridized carbons (Fsp3) is 0.700. The Kier molecular flexibility index (Phi) is 6.47. The van der Waals surface area contributed by atoms with E-state index in [2.05, 4.69) is 4.98 Å². The summed E-state index contributed by atoms with van der Waals surface area (Å²) in [6.07, 6.45) is 1.69. The third-order valence-corrected chi connectivity index (χ3v) is 3.10. The summed E-state index contributed by atoms with van der Waals surface area (Å²) < 4.78 is 12.1. The van der Waals surface area contributed by atoms with Crippen molar-refractivity contribution in [3.8, 4) is 0 Å². The number of hydrogen-bond donors (Lipinski definition) is 1. The van der Waals surface area contributed by atoms with Crippen LogP contribution in [0.25, 0.3) is 0 Å². The first-order valence-corrected chi connectivity index (χ1v) is 6.09. The van der Waals surface area contributed by atoms with Crippen LogP contribution in [-0.4, -0.2) is 47.3 Å². The second-order valence-corrected chi connectivity index (χ2v) is 4.26. The van der Waals surface area contributed by atoms with Gasteiger partial charge in [0, 0.05) is 19.9 Å².